The van der Waals surface area contributed by atoms with Gasteiger partial charge in [-0.05, 0) is 37.7 Å². The van der Waals surface area contributed by atoms with Crippen molar-refractivity contribution >= 4 is 18.0 Å². The molecule has 3 aliphatic rings. The first-order valence-corrected chi connectivity index (χ1v) is 15.2. The number of carbonyl (C=O) groups excluding carboxylic acids is 2. The van der Waals surface area contributed by atoms with Gasteiger partial charge in [0, 0.05) is 39.8 Å². The minimum absolute atomic E-state index is 0.239. The van der Waals surface area contributed by atoms with E-state index in [2.05, 4.69) is 28.4 Å². The standard InChI is InChI=1S/C31H46N6O4/c1-3-41-30(39)35(2)29(37-18-20-40-21-19-37)33-27(22-25-10-6-4-7-11-25)28(38)34-31(24-32)14-16-36(17-15-31)23-26-12-8-5-9-13-26/h5,8-9,12-13,25,27H,3-4,6-7,10-11,14-23H2,1-2H3,(H,34,38). The second kappa shape index (κ2) is 15.2. The normalized spacial score (nSPS) is 21.0. The highest BCUT2D eigenvalue weighted by Crippen LogP contribution is 2.30. The molecule has 0 bridgehead atoms. The monoisotopic (exact) mass is 566 g/mol. The Morgan fingerprint density at radius 2 is 1.83 bits per heavy atom. The van der Waals surface area contributed by atoms with Gasteiger partial charge in [-0.2, -0.15) is 5.26 Å². The van der Waals surface area contributed by atoms with Crippen LogP contribution in [0.15, 0.2) is 35.3 Å². The summed E-state index contributed by atoms with van der Waals surface area (Å²) >= 11 is 0. The summed E-state index contributed by atoms with van der Waals surface area (Å²) < 4.78 is 10.8. The third-order valence-electron chi connectivity index (χ3n) is 8.53. The molecule has 1 N–H and O–H groups in total. The lowest BCUT2D eigenvalue weighted by molar-refractivity contribution is -0.124. The highest BCUT2D eigenvalue weighted by Gasteiger charge is 2.39. The van der Waals surface area contributed by atoms with Crippen molar-refractivity contribution in [1.29, 1.82) is 5.26 Å². The molecule has 1 saturated carbocycles. The largest absolute Gasteiger partial charge is 0.449 e. The molecule has 224 valence electrons. The van der Waals surface area contributed by atoms with Crippen molar-refractivity contribution < 1.29 is 19.1 Å². The van der Waals surface area contributed by atoms with Crippen LogP contribution in [-0.2, 0) is 20.8 Å². The lowest BCUT2D eigenvalue weighted by atomic mass is 9.84. The molecule has 1 atom stereocenters. The van der Waals surface area contributed by atoms with Gasteiger partial charge < -0.3 is 19.7 Å². The first-order valence-electron chi connectivity index (χ1n) is 15.2. The van der Waals surface area contributed by atoms with E-state index in [9.17, 15) is 14.9 Å². The molecular weight excluding hydrogens is 520 g/mol. The molecule has 3 fully saturated rings. The maximum atomic E-state index is 14.0. The lowest BCUT2D eigenvalue weighted by Crippen LogP contribution is -2.57. The molecule has 2 amide bonds. The van der Waals surface area contributed by atoms with Gasteiger partial charge in [-0.25, -0.2) is 9.79 Å². The lowest BCUT2D eigenvalue weighted by Gasteiger charge is -2.39. The average Bonchev–Trinajstić information content (AvgIpc) is 3.01. The van der Waals surface area contributed by atoms with Crippen molar-refractivity contribution in [1.82, 2.24) is 20.0 Å². The number of ether oxygens (including phenoxy) is 2. The zero-order valence-electron chi connectivity index (χ0n) is 24.7. The number of nitrogens with one attached hydrogen (secondary N) is 1. The average molecular weight is 567 g/mol. The molecule has 0 radical (unpaired) electrons. The molecule has 10 nitrogen and oxygen atoms in total. The van der Waals surface area contributed by atoms with Crippen LogP contribution in [0.4, 0.5) is 4.79 Å². The zero-order chi connectivity index (χ0) is 29.1. The van der Waals surface area contributed by atoms with Crippen LogP contribution < -0.4 is 5.32 Å². The van der Waals surface area contributed by atoms with Crippen molar-refractivity contribution in [2.24, 2.45) is 10.9 Å². The van der Waals surface area contributed by atoms with Crippen molar-refractivity contribution in [3.63, 3.8) is 0 Å². The van der Waals surface area contributed by atoms with E-state index in [-0.39, 0.29) is 12.5 Å². The highest BCUT2D eigenvalue weighted by atomic mass is 16.6. The highest BCUT2D eigenvalue weighted by molar-refractivity contribution is 5.95. The Bertz CT molecular complexity index is 1050. The fourth-order valence-corrected chi connectivity index (χ4v) is 6.06. The number of guanidine groups is 1. The number of piperidine rings is 1. The first kappa shape index (κ1) is 30.8. The summed E-state index contributed by atoms with van der Waals surface area (Å²) in [6, 6.07) is 12.1. The molecule has 0 aromatic heterocycles. The number of nitriles is 1. The van der Waals surface area contributed by atoms with E-state index in [1.807, 2.05) is 23.1 Å². The Morgan fingerprint density at radius 1 is 1.15 bits per heavy atom. The van der Waals surface area contributed by atoms with Crippen molar-refractivity contribution in [2.45, 2.75) is 76.4 Å². The van der Waals surface area contributed by atoms with Crippen LogP contribution >= 0.6 is 0 Å². The van der Waals surface area contributed by atoms with Crippen LogP contribution in [-0.4, -0.2) is 97.3 Å². The van der Waals surface area contributed by atoms with Crippen LogP contribution in [0.5, 0.6) is 0 Å². The number of amides is 2. The number of carbonyl (C=O) groups is 2. The Labute approximate surface area is 244 Å². The van der Waals surface area contributed by atoms with Crippen LogP contribution in [0, 0.1) is 17.2 Å². The van der Waals surface area contributed by atoms with Gasteiger partial charge in [0.15, 0.2) is 0 Å². The maximum Gasteiger partial charge on any atom is 0.416 e. The van der Waals surface area contributed by atoms with Gasteiger partial charge in [-0.15, -0.1) is 0 Å². The van der Waals surface area contributed by atoms with Crippen molar-refractivity contribution in [2.75, 3.05) is 53.0 Å². The number of aliphatic imine (C=N–C) groups is 1. The molecule has 1 aromatic rings. The van der Waals surface area contributed by atoms with E-state index < -0.39 is 17.7 Å². The van der Waals surface area contributed by atoms with Gasteiger partial charge in [0.1, 0.15) is 11.6 Å². The summed E-state index contributed by atoms with van der Waals surface area (Å²) in [7, 11) is 1.64. The maximum absolute atomic E-state index is 14.0. The number of benzene rings is 1. The van der Waals surface area contributed by atoms with E-state index in [4.69, 9.17) is 14.5 Å². The molecule has 2 aliphatic heterocycles. The number of hydrogen-bond donors (Lipinski definition) is 1. The summed E-state index contributed by atoms with van der Waals surface area (Å²) in [6.07, 6.45) is 6.87. The van der Waals surface area contributed by atoms with E-state index >= 15 is 0 Å². The Hall–Kier alpha value is -3.16. The molecule has 0 spiro atoms. The number of nitrogens with zero attached hydrogens (tertiary/aromatic N) is 5. The van der Waals surface area contributed by atoms with Gasteiger partial charge in [0.05, 0.1) is 25.9 Å². The van der Waals surface area contributed by atoms with Gasteiger partial charge in [0.2, 0.25) is 11.9 Å². The molecule has 1 aliphatic carbocycles. The molecule has 2 saturated heterocycles. The van der Waals surface area contributed by atoms with Crippen LogP contribution in [0.2, 0.25) is 0 Å². The van der Waals surface area contributed by atoms with E-state index in [0.29, 0.717) is 57.4 Å². The molecule has 1 unspecified atom stereocenters. The van der Waals surface area contributed by atoms with Gasteiger partial charge in [0.25, 0.3) is 0 Å². The fourth-order valence-electron chi connectivity index (χ4n) is 6.06. The predicted molar refractivity (Wildman–Crippen MR) is 157 cm³/mol. The third kappa shape index (κ3) is 8.66. The molecule has 4 rings (SSSR count). The number of morpholine rings is 1. The summed E-state index contributed by atoms with van der Waals surface area (Å²) in [5.41, 5.74) is 0.306. The number of hydrogen-bond acceptors (Lipinski definition) is 7. The number of rotatable bonds is 8. The summed E-state index contributed by atoms with van der Waals surface area (Å²) in [5.74, 6) is 0.566. The molecule has 41 heavy (non-hydrogen) atoms. The predicted octanol–water partition coefficient (Wildman–Crippen LogP) is 3.78. The topological polar surface area (TPSA) is 110 Å². The SMILES string of the molecule is CCOC(=O)N(C)C(=NC(CC1CCCCC1)C(=O)NC1(C#N)CCN(Cc2ccccc2)CC1)N1CCOCC1. The summed E-state index contributed by atoms with van der Waals surface area (Å²) in [5, 5.41) is 13.4. The first-order chi connectivity index (χ1) is 19.9. The van der Waals surface area contributed by atoms with Crippen molar-refractivity contribution in [3.05, 3.63) is 35.9 Å². The molecule has 2 heterocycles. The Morgan fingerprint density at radius 3 is 2.46 bits per heavy atom. The summed E-state index contributed by atoms with van der Waals surface area (Å²) in [6.45, 7) is 6.47. The van der Waals surface area contributed by atoms with E-state index in [0.717, 1.165) is 45.3 Å². The van der Waals surface area contributed by atoms with Gasteiger partial charge in [-0.3, -0.25) is 14.6 Å². The minimum atomic E-state index is -0.934. The second-order valence-corrected chi connectivity index (χ2v) is 11.5. The smallest absolute Gasteiger partial charge is 0.416 e. The Kier molecular flexibility index (Phi) is 11.4. The van der Waals surface area contributed by atoms with Crippen LogP contribution in [0.25, 0.3) is 0 Å². The quantitative estimate of drug-likeness (QED) is 0.377. The van der Waals surface area contributed by atoms with Gasteiger partial charge in [-0.1, -0.05) is 62.4 Å². The summed E-state index contributed by atoms with van der Waals surface area (Å²) in [4.78, 5) is 37.5. The third-order valence-corrected chi connectivity index (χ3v) is 8.53. The minimum Gasteiger partial charge on any atom is -0.449 e. The fraction of sp³-hybridized carbons (Fsp3) is 0.677. The van der Waals surface area contributed by atoms with Crippen molar-refractivity contribution in [3.8, 4) is 6.07 Å². The van der Waals surface area contributed by atoms with Gasteiger partial charge >= 0.3 is 6.09 Å². The van der Waals surface area contributed by atoms with Crippen LogP contribution in [0.3, 0.4) is 0 Å². The molecule has 1 aromatic carbocycles. The van der Waals surface area contributed by atoms with E-state index in [1.165, 1.54) is 16.9 Å². The molecular formula is C31H46N6O4. The zero-order valence-corrected chi connectivity index (χ0v) is 24.7. The van der Waals surface area contributed by atoms with Crippen LogP contribution in [0.1, 0.15) is 63.9 Å². The Balaban J connectivity index is 1.53. The second-order valence-electron chi connectivity index (χ2n) is 11.5. The van der Waals surface area contributed by atoms with E-state index in [1.54, 1.807) is 14.0 Å². The number of likely N-dealkylation sites (tertiary alicyclic amines) is 1. The molecule has 10 heteroatoms.